The van der Waals surface area contributed by atoms with E-state index in [-0.39, 0.29) is 48.8 Å². The predicted octanol–water partition coefficient (Wildman–Crippen LogP) is 15.2. The summed E-state index contributed by atoms with van der Waals surface area (Å²) in [5, 5.41) is 14.6. The Balaban J connectivity index is 0.000000207. The van der Waals surface area contributed by atoms with Crippen molar-refractivity contribution in [2.24, 2.45) is 0 Å². The molecule has 9 amide bonds. The van der Waals surface area contributed by atoms with Crippen molar-refractivity contribution in [2.45, 2.75) is 174 Å². The lowest BCUT2D eigenvalue weighted by molar-refractivity contribution is -0.130. The summed E-state index contributed by atoms with van der Waals surface area (Å²) >= 11 is 5.27. The number of hydrogen-bond acceptors (Lipinski definition) is 18. The lowest BCUT2D eigenvalue weighted by Gasteiger charge is -2.34. The Labute approximate surface area is 786 Å². The van der Waals surface area contributed by atoms with Gasteiger partial charge in [-0.05, 0) is 242 Å². The number of amides is 9. The fourth-order valence-electron chi connectivity index (χ4n) is 14.9. The second-order valence-electron chi connectivity index (χ2n) is 34.8. The molecule has 0 radical (unpaired) electrons. The van der Waals surface area contributed by atoms with E-state index in [1.54, 1.807) is 25.1 Å². The van der Waals surface area contributed by atoms with E-state index in [0.717, 1.165) is 171 Å². The average Bonchev–Trinajstić information content (AvgIpc) is 0.853. The summed E-state index contributed by atoms with van der Waals surface area (Å²) < 4.78 is 5.35. The number of likely N-dealkylation sites (N-methyl/N-ethyl adjacent to an activating group) is 2. The lowest BCUT2D eigenvalue weighted by Crippen LogP contribution is -2.52. The number of halogens is 1. The minimum Gasteiger partial charge on any atom is -0.444 e. The van der Waals surface area contributed by atoms with Gasteiger partial charge >= 0.3 is 29.7 Å². The average molecular weight is 1830 g/mol. The number of nitrogens with zero attached hydrogens (tertiary/aromatic N) is 7. The van der Waals surface area contributed by atoms with E-state index in [9.17, 15) is 43.2 Å². The topological polar surface area (TPSA) is 306 Å². The zero-order chi connectivity index (χ0) is 94.2. The summed E-state index contributed by atoms with van der Waals surface area (Å²) in [7, 11) is 4.05. The van der Waals surface area contributed by atoms with Gasteiger partial charge in [-0.2, -0.15) is 16.4 Å². The van der Waals surface area contributed by atoms with Crippen LogP contribution in [0.1, 0.15) is 158 Å². The van der Waals surface area contributed by atoms with Crippen molar-refractivity contribution in [3.63, 3.8) is 0 Å². The number of ether oxygens (including phenoxy) is 1. The van der Waals surface area contributed by atoms with Crippen LogP contribution < -0.4 is 32.6 Å². The van der Waals surface area contributed by atoms with Crippen molar-refractivity contribution in [3.8, 4) is 0 Å². The van der Waals surface area contributed by atoms with Gasteiger partial charge < -0.3 is 64.2 Å². The van der Waals surface area contributed by atoms with Gasteiger partial charge in [-0.15, -0.1) is 0 Å². The van der Waals surface area contributed by atoms with Gasteiger partial charge in [0.05, 0.1) is 25.7 Å². The molecular weight excluding hydrogens is 1690 g/mol. The van der Waals surface area contributed by atoms with Crippen LogP contribution in [0.2, 0.25) is 0 Å². The smallest absolute Gasteiger partial charge is 0.434 e. The van der Waals surface area contributed by atoms with E-state index in [0.29, 0.717) is 52.4 Å². The highest BCUT2D eigenvalue weighted by atomic mass is 35.5. The SMILES string of the molecule is C1CCNCC1.CC(C)(C)OC(=O)N1CCN(C(=O)ONC(=O)Cc2ccc(CCCCc3ccccc3)cc2)CC1.CN1CCN(C(=O)Cl)CC1.CN1CCN(C(=O)ONC(=O)Cc2ccc(CCCCc3ccccc3)cc2)CC1.O=C(Cc1ccc(CCCCc2ccccc2)cc1)NO.O=C(Cc1ccc(CCCCc2ccccc2)cc1)NOC(=O)N1CCNCC1. The number of carbonyl (C=O) groups is 9. The van der Waals surface area contributed by atoms with Gasteiger partial charge in [0.15, 0.2) is 0 Å². The van der Waals surface area contributed by atoms with Crippen LogP contribution in [0.5, 0.6) is 0 Å². The molecule has 8 aromatic carbocycles. The third kappa shape index (κ3) is 44.9. The zero-order valence-electron chi connectivity index (χ0n) is 78.0. The molecule has 5 fully saturated rings. The Morgan fingerprint density at radius 2 is 0.523 bits per heavy atom. The fourth-order valence-corrected chi connectivity index (χ4v) is 15.1. The molecule has 5 saturated heterocycles. The van der Waals surface area contributed by atoms with Crippen molar-refractivity contribution in [3.05, 3.63) is 285 Å². The van der Waals surface area contributed by atoms with Gasteiger partial charge in [-0.25, -0.2) is 24.7 Å². The van der Waals surface area contributed by atoms with Gasteiger partial charge in [0.2, 0.25) is 5.91 Å². The van der Waals surface area contributed by atoms with E-state index in [4.69, 9.17) is 36.1 Å². The molecule has 5 heterocycles. The number of unbranched alkanes of at least 4 members (excludes halogenated alkanes) is 4. The maximum absolute atomic E-state index is 12.3. The monoisotopic (exact) mass is 1830 g/mol. The molecule has 7 N–H and O–H groups in total. The highest BCUT2D eigenvalue weighted by molar-refractivity contribution is 6.62. The lowest BCUT2D eigenvalue weighted by atomic mass is 10.0. The zero-order valence-corrected chi connectivity index (χ0v) is 78.8. The molecule has 27 nitrogen and oxygen atoms in total. The molecule has 5 aliphatic heterocycles. The first kappa shape index (κ1) is 106. The second kappa shape index (κ2) is 61.1. The Morgan fingerprint density at radius 1 is 0.295 bits per heavy atom. The molecular formula is C104H140ClN13O14. The highest BCUT2D eigenvalue weighted by Crippen LogP contribution is 2.19. The van der Waals surface area contributed by atoms with Crippen LogP contribution in [0.3, 0.4) is 0 Å². The minimum absolute atomic E-state index is 0.119. The van der Waals surface area contributed by atoms with Gasteiger partial charge in [0.1, 0.15) is 5.60 Å². The van der Waals surface area contributed by atoms with E-state index in [1.165, 1.54) is 88.2 Å². The molecule has 712 valence electrons. The first-order valence-corrected chi connectivity index (χ1v) is 47.2. The molecule has 8 aromatic rings. The summed E-state index contributed by atoms with van der Waals surface area (Å²) in [6.07, 6.45) is 20.6. The maximum atomic E-state index is 12.3. The summed E-state index contributed by atoms with van der Waals surface area (Å²) in [5.74, 6) is -1.44. The largest absolute Gasteiger partial charge is 0.444 e. The molecule has 0 spiro atoms. The predicted molar refractivity (Wildman–Crippen MR) is 517 cm³/mol. The Hall–Kier alpha value is -11.7. The van der Waals surface area contributed by atoms with E-state index >= 15 is 0 Å². The number of hydroxylamine groups is 4. The van der Waals surface area contributed by atoms with Crippen LogP contribution in [0.15, 0.2) is 218 Å². The third-order valence-corrected chi connectivity index (χ3v) is 23.1. The number of piperazine rings is 4. The Bertz CT molecular complexity index is 4610. The van der Waals surface area contributed by atoms with Crippen LogP contribution in [0, 0.1) is 0 Å². The molecule has 132 heavy (non-hydrogen) atoms. The molecule has 0 saturated carbocycles. The van der Waals surface area contributed by atoms with E-state index < -0.39 is 35.9 Å². The number of nitrogens with one attached hydrogen (secondary N) is 6. The van der Waals surface area contributed by atoms with Crippen molar-refractivity contribution in [1.82, 2.24) is 66.9 Å². The molecule has 0 aromatic heterocycles. The van der Waals surface area contributed by atoms with Crippen LogP contribution in [-0.2, 0) is 115 Å². The number of benzene rings is 8. The van der Waals surface area contributed by atoms with Gasteiger partial charge in [-0.3, -0.25) is 29.2 Å². The summed E-state index contributed by atoms with van der Waals surface area (Å²) in [6.45, 7) is 18.1. The summed E-state index contributed by atoms with van der Waals surface area (Å²) in [5.41, 5.74) is 22.0. The third-order valence-electron chi connectivity index (χ3n) is 22.8. The van der Waals surface area contributed by atoms with Crippen LogP contribution >= 0.6 is 11.6 Å². The van der Waals surface area contributed by atoms with E-state index in [2.05, 4.69) is 170 Å². The van der Waals surface area contributed by atoms with Crippen LogP contribution in [0.25, 0.3) is 0 Å². The number of aryl methyl sites for hydroxylation is 8. The molecule has 5 aliphatic rings. The number of carbonyl (C=O) groups excluding carboxylic acids is 9. The first-order chi connectivity index (χ1) is 64.0. The van der Waals surface area contributed by atoms with Crippen LogP contribution in [0.4, 0.5) is 24.0 Å². The molecule has 28 heteroatoms. The number of piperidine rings is 1. The highest BCUT2D eigenvalue weighted by Gasteiger charge is 2.30. The Morgan fingerprint density at radius 3 is 0.765 bits per heavy atom. The van der Waals surface area contributed by atoms with Crippen molar-refractivity contribution >= 4 is 65.0 Å². The standard InChI is InChI=1S/C28H37N3O5.C24H31N3O3.C23H29N3O3.C18H21NO2.C6H11ClN2O.C5H11N/c1-28(2,3)35-26(33)30-17-19-31(20-18-30)27(34)36-29-25(32)21-24-15-13-23(14-16-24)12-8-7-11-22-9-5-4-6-10-22;1-26-15-17-27(18-16-26)24(29)30-25-23(28)19-22-13-11-21(12-14-22)10-6-5-9-20-7-3-2-4-8-20;27-22(25-29-23(28)26-16-14-24-15-17-26)18-21-12-10-20(11-13-21)9-5-4-8-19-6-2-1-3-7-19;20-18(19-21)14-17-12-10-16(11-13-17)9-5-4-8-15-6-2-1-3-7-15;1-8-2-4-9(5-3-8)6(7)10;1-2-4-6-5-3-1/h4-6,9-10,13-16H,7-8,11-12,17-21H2,1-3H3,(H,29,32);2-4,7-8,11-14H,5-6,9-10,15-19H2,1H3,(H,25,28);1-3,6-7,10-13,24H,4-5,8-9,14-18H2,(H,25,27);1-3,6-7,10-13,21H,4-5,8-9,14H2,(H,19,20);2-5H2,1H3;6H,1-5H2. The molecule has 0 aliphatic carbocycles. The number of rotatable bonds is 28. The van der Waals surface area contributed by atoms with Crippen molar-refractivity contribution < 1.29 is 67.6 Å². The van der Waals surface area contributed by atoms with Gasteiger partial charge in [-0.1, -0.05) is 225 Å². The van der Waals surface area contributed by atoms with Crippen LogP contribution in [-0.4, -0.2) is 230 Å². The maximum Gasteiger partial charge on any atom is 0.434 e. The van der Waals surface area contributed by atoms with Gasteiger partial charge in [0.25, 0.3) is 17.7 Å². The normalized spacial score (nSPS) is 14.4. The molecule has 0 atom stereocenters. The minimum atomic E-state index is -0.641. The summed E-state index contributed by atoms with van der Waals surface area (Å²) in [6, 6.07) is 74.2. The first-order valence-electron chi connectivity index (χ1n) is 46.8. The van der Waals surface area contributed by atoms with E-state index in [1.807, 2.05) is 120 Å². The molecule has 13 rings (SSSR count). The summed E-state index contributed by atoms with van der Waals surface area (Å²) in [4.78, 5) is 133. The van der Waals surface area contributed by atoms with Crippen molar-refractivity contribution in [2.75, 3.05) is 132 Å². The second-order valence-corrected chi connectivity index (χ2v) is 35.1. The molecule has 0 unspecified atom stereocenters. The van der Waals surface area contributed by atoms with Crippen molar-refractivity contribution in [1.29, 1.82) is 0 Å². The Kier molecular flexibility index (Phi) is 48.9. The number of hydrogen-bond donors (Lipinski definition) is 7. The molecule has 0 bridgehead atoms. The quantitative estimate of drug-likeness (QED) is 0.00598. The fraction of sp³-hybridized carbons (Fsp3) is 0.452. The van der Waals surface area contributed by atoms with Gasteiger partial charge in [0, 0.05) is 105 Å².